The quantitative estimate of drug-likeness (QED) is 0.272. The van der Waals surface area contributed by atoms with E-state index < -0.39 is 6.10 Å². The number of guanidine groups is 1. The molecule has 2 rings (SSSR count). The SMILES string of the molecule is CCNC(=NCC(O)c1cccc(OC)c1)NCCc1ccc(C)c(OC)c1.I. The number of halogens is 1. The number of methoxy groups -OCH3 is 2. The highest BCUT2D eigenvalue weighted by Crippen LogP contribution is 2.20. The van der Waals surface area contributed by atoms with Crippen LogP contribution in [0, 0.1) is 6.92 Å². The van der Waals surface area contributed by atoms with Crippen molar-refractivity contribution in [3.05, 3.63) is 59.2 Å². The topological polar surface area (TPSA) is 75.1 Å². The van der Waals surface area contributed by atoms with Crippen LogP contribution in [-0.2, 0) is 6.42 Å². The summed E-state index contributed by atoms with van der Waals surface area (Å²) in [5.41, 5.74) is 3.11. The van der Waals surface area contributed by atoms with E-state index in [1.165, 1.54) is 5.56 Å². The average molecular weight is 513 g/mol. The van der Waals surface area contributed by atoms with Crippen LogP contribution in [0.1, 0.15) is 29.7 Å². The first kappa shape index (κ1) is 25.0. The summed E-state index contributed by atoms with van der Waals surface area (Å²) in [6.45, 7) is 5.79. The highest BCUT2D eigenvalue weighted by atomic mass is 127. The number of rotatable bonds is 9. The maximum atomic E-state index is 10.4. The van der Waals surface area contributed by atoms with Crippen LogP contribution in [0.4, 0.5) is 0 Å². The minimum absolute atomic E-state index is 0. The molecule has 0 heterocycles. The van der Waals surface area contributed by atoms with Gasteiger partial charge in [0.15, 0.2) is 5.96 Å². The van der Waals surface area contributed by atoms with Crippen molar-refractivity contribution >= 4 is 29.9 Å². The Balaban J connectivity index is 0.00000420. The summed E-state index contributed by atoms with van der Waals surface area (Å²) in [5, 5.41) is 16.9. The third kappa shape index (κ3) is 8.10. The molecule has 1 atom stereocenters. The third-order valence-corrected chi connectivity index (χ3v) is 4.42. The number of nitrogens with one attached hydrogen (secondary N) is 2. The van der Waals surface area contributed by atoms with Gasteiger partial charge >= 0.3 is 0 Å². The number of nitrogens with zero attached hydrogens (tertiary/aromatic N) is 1. The normalized spacial score (nSPS) is 12.0. The Morgan fingerprint density at radius 3 is 2.59 bits per heavy atom. The van der Waals surface area contributed by atoms with E-state index in [9.17, 15) is 5.11 Å². The van der Waals surface area contributed by atoms with Crippen LogP contribution in [-0.4, -0.2) is 44.9 Å². The molecule has 0 spiro atoms. The third-order valence-electron chi connectivity index (χ3n) is 4.42. The molecule has 0 amide bonds. The fourth-order valence-corrected chi connectivity index (χ4v) is 2.82. The standard InChI is InChI=1S/C22H31N3O3.HI/c1-5-23-22(24-12-11-17-10-9-16(2)21(13-17)28-4)25-15-20(26)18-7-6-8-19(14-18)27-3;/h6-10,13-14,20,26H,5,11-12,15H2,1-4H3,(H2,23,24,25);1H. The van der Waals surface area contributed by atoms with Gasteiger partial charge in [0.2, 0.25) is 0 Å². The number of ether oxygens (including phenoxy) is 2. The lowest BCUT2D eigenvalue weighted by Gasteiger charge is -2.14. The van der Waals surface area contributed by atoms with Gasteiger partial charge in [-0.05, 0) is 55.2 Å². The Labute approximate surface area is 190 Å². The summed E-state index contributed by atoms with van der Waals surface area (Å²) in [5.74, 6) is 2.31. The molecule has 29 heavy (non-hydrogen) atoms. The van der Waals surface area contributed by atoms with Gasteiger partial charge in [0.25, 0.3) is 0 Å². The molecular weight excluding hydrogens is 481 g/mol. The molecule has 1 unspecified atom stereocenters. The minimum atomic E-state index is -0.688. The van der Waals surface area contributed by atoms with Crippen molar-refractivity contribution in [2.75, 3.05) is 33.9 Å². The maximum Gasteiger partial charge on any atom is 0.191 e. The number of aliphatic imine (C=N–C) groups is 1. The first-order chi connectivity index (χ1) is 13.6. The zero-order valence-corrected chi connectivity index (χ0v) is 19.9. The zero-order valence-electron chi connectivity index (χ0n) is 17.6. The minimum Gasteiger partial charge on any atom is -0.497 e. The summed E-state index contributed by atoms with van der Waals surface area (Å²) in [4.78, 5) is 4.50. The van der Waals surface area contributed by atoms with Gasteiger partial charge in [-0.1, -0.05) is 24.3 Å². The fourth-order valence-electron chi connectivity index (χ4n) is 2.82. The van der Waals surface area contributed by atoms with Crippen LogP contribution < -0.4 is 20.1 Å². The maximum absolute atomic E-state index is 10.4. The first-order valence-electron chi connectivity index (χ1n) is 9.55. The Kier molecular flexibility index (Phi) is 11.5. The van der Waals surface area contributed by atoms with Crippen molar-refractivity contribution in [3.8, 4) is 11.5 Å². The predicted molar refractivity (Wildman–Crippen MR) is 129 cm³/mol. The smallest absolute Gasteiger partial charge is 0.191 e. The Morgan fingerprint density at radius 2 is 1.90 bits per heavy atom. The van der Waals surface area contributed by atoms with E-state index in [4.69, 9.17) is 9.47 Å². The van der Waals surface area contributed by atoms with E-state index in [1.807, 2.05) is 38.1 Å². The van der Waals surface area contributed by atoms with Crippen molar-refractivity contribution in [2.45, 2.75) is 26.4 Å². The molecule has 3 N–H and O–H groups in total. The van der Waals surface area contributed by atoms with Crippen molar-refractivity contribution in [1.29, 1.82) is 0 Å². The molecule has 0 saturated carbocycles. The lowest BCUT2D eigenvalue weighted by Crippen LogP contribution is -2.38. The lowest BCUT2D eigenvalue weighted by atomic mass is 10.1. The van der Waals surface area contributed by atoms with E-state index in [1.54, 1.807) is 14.2 Å². The van der Waals surface area contributed by atoms with Crippen LogP contribution in [0.2, 0.25) is 0 Å². The van der Waals surface area contributed by atoms with Gasteiger partial charge in [0.05, 0.1) is 26.9 Å². The highest BCUT2D eigenvalue weighted by Gasteiger charge is 2.09. The number of aryl methyl sites for hydroxylation is 1. The van der Waals surface area contributed by atoms with Gasteiger partial charge in [-0.2, -0.15) is 0 Å². The Hall–Kier alpha value is -2.00. The number of aliphatic hydroxyl groups is 1. The van der Waals surface area contributed by atoms with Gasteiger partial charge in [-0.3, -0.25) is 4.99 Å². The van der Waals surface area contributed by atoms with E-state index in [0.717, 1.165) is 42.1 Å². The monoisotopic (exact) mass is 513 g/mol. The number of hydrogen-bond donors (Lipinski definition) is 3. The zero-order chi connectivity index (χ0) is 20.4. The second-order valence-electron chi connectivity index (χ2n) is 6.49. The molecule has 0 bridgehead atoms. The second-order valence-corrected chi connectivity index (χ2v) is 6.49. The van der Waals surface area contributed by atoms with Crippen LogP contribution in [0.15, 0.2) is 47.5 Å². The molecule has 0 aliphatic heterocycles. The van der Waals surface area contributed by atoms with E-state index in [0.29, 0.717) is 5.96 Å². The highest BCUT2D eigenvalue weighted by molar-refractivity contribution is 14.0. The van der Waals surface area contributed by atoms with Crippen molar-refractivity contribution in [3.63, 3.8) is 0 Å². The summed E-state index contributed by atoms with van der Waals surface area (Å²) < 4.78 is 10.6. The van der Waals surface area contributed by atoms with Crippen LogP contribution in [0.3, 0.4) is 0 Å². The van der Waals surface area contributed by atoms with Gasteiger partial charge in [-0.25, -0.2) is 0 Å². The molecule has 0 radical (unpaired) electrons. The van der Waals surface area contributed by atoms with E-state index in [-0.39, 0.29) is 30.5 Å². The molecule has 7 heteroatoms. The number of hydrogen-bond acceptors (Lipinski definition) is 4. The molecule has 0 saturated heterocycles. The van der Waals surface area contributed by atoms with Gasteiger partial charge in [-0.15, -0.1) is 24.0 Å². The molecule has 0 aliphatic rings. The molecule has 2 aromatic rings. The van der Waals surface area contributed by atoms with Crippen molar-refractivity contribution in [2.24, 2.45) is 4.99 Å². The number of aliphatic hydroxyl groups excluding tert-OH is 1. The fraction of sp³-hybridized carbons (Fsp3) is 0.409. The van der Waals surface area contributed by atoms with E-state index in [2.05, 4.69) is 33.8 Å². The predicted octanol–water partition coefficient (Wildman–Crippen LogP) is 3.46. The summed E-state index contributed by atoms with van der Waals surface area (Å²) in [6, 6.07) is 13.6. The lowest BCUT2D eigenvalue weighted by molar-refractivity contribution is 0.186. The molecule has 0 aromatic heterocycles. The molecular formula is C22H32IN3O3. The largest absolute Gasteiger partial charge is 0.497 e. The average Bonchev–Trinajstić information content (AvgIpc) is 2.72. The van der Waals surface area contributed by atoms with Crippen molar-refractivity contribution < 1.29 is 14.6 Å². The molecule has 6 nitrogen and oxygen atoms in total. The van der Waals surface area contributed by atoms with Crippen LogP contribution in [0.5, 0.6) is 11.5 Å². The van der Waals surface area contributed by atoms with Gasteiger partial charge in [0, 0.05) is 13.1 Å². The van der Waals surface area contributed by atoms with E-state index >= 15 is 0 Å². The summed E-state index contributed by atoms with van der Waals surface area (Å²) >= 11 is 0. The van der Waals surface area contributed by atoms with Crippen LogP contribution in [0.25, 0.3) is 0 Å². The summed E-state index contributed by atoms with van der Waals surface area (Å²) in [7, 11) is 3.30. The first-order valence-corrected chi connectivity index (χ1v) is 9.55. The molecule has 160 valence electrons. The number of benzene rings is 2. The Morgan fingerprint density at radius 1 is 1.10 bits per heavy atom. The Bertz CT molecular complexity index is 784. The van der Waals surface area contributed by atoms with Crippen molar-refractivity contribution in [1.82, 2.24) is 10.6 Å². The van der Waals surface area contributed by atoms with Crippen LogP contribution >= 0.6 is 24.0 Å². The molecule has 2 aromatic carbocycles. The molecule has 0 aliphatic carbocycles. The molecule has 0 fully saturated rings. The van der Waals surface area contributed by atoms with Gasteiger partial charge in [0.1, 0.15) is 11.5 Å². The summed E-state index contributed by atoms with van der Waals surface area (Å²) in [6.07, 6.45) is 0.159. The second kappa shape index (κ2) is 13.3. The van der Waals surface area contributed by atoms with Gasteiger partial charge < -0.3 is 25.2 Å².